The van der Waals surface area contributed by atoms with E-state index in [-0.39, 0.29) is 12.3 Å². The van der Waals surface area contributed by atoms with Gasteiger partial charge >= 0.3 is 5.97 Å². The fourth-order valence-corrected chi connectivity index (χ4v) is 5.44. The van der Waals surface area contributed by atoms with E-state index in [9.17, 15) is 19.5 Å². The van der Waals surface area contributed by atoms with Crippen molar-refractivity contribution in [1.82, 2.24) is 20.1 Å². The number of aromatic nitrogens is 1. The number of nitrogens with zero attached hydrogens (tertiary/aromatic N) is 2. The molecular formula is C33H44N4O6. The van der Waals surface area contributed by atoms with E-state index in [1.165, 1.54) is 0 Å². The molecule has 0 unspecified atom stereocenters. The van der Waals surface area contributed by atoms with E-state index in [0.717, 1.165) is 40.7 Å². The highest BCUT2D eigenvalue weighted by Gasteiger charge is 2.28. The normalized spacial score (nSPS) is 16.6. The maximum Gasteiger partial charge on any atom is 0.304 e. The molecule has 10 heteroatoms. The Bertz CT molecular complexity index is 1350. The average Bonchev–Trinajstić information content (AvgIpc) is 3.33. The van der Waals surface area contributed by atoms with Crippen molar-refractivity contribution in [3.63, 3.8) is 0 Å². The molecule has 2 bridgehead atoms. The molecular weight excluding hydrogens is 548 g/mol. The second-order valence-corrected chi connectivity index (χ2v) is 11.4. The number of hydrogen-bond donors (Lipinski definition) is 3. The lowest BCUT2D eigenvalue weighted by atomic mass is 9.94. The molecule has 3 N–H and O–H groups in total. The largest absolute Gasteiger partial charge is 0.494 e. The van der Waals surface area contributed by atoms with Gasteiger partial charge in [-0.3, -0.25) is 14.4 Å². The van der Waals surface area contributed by atoms with E-state index in [1.54, 1.807) is 0 Å². The molecule has 0 fully saturated rings. The Hall–Kier alpha value is -3.89. The first-order chi connectivity index (χ1) is 20.8. The van der Waals surface area contributed by atoms with Gasteiger partial charge in [-0.15, -0.1) is 0 Å². The van der Waals surface area contributed by atoms with Crippen LogP contribution in [-0.4, -0.2) is 85.4 Å². The first-order valence-electron chi connectivity index (χ1n) is 15.1. The third-order valence-electron chi connectivity index (χ3n) is 7.70. The average molecular weight is 593 g/mol. The highest BCUT2D eigenvalue weighted by Crippen LogP contribution is 2.24. The Balaban J connectivity index is 1.38. The van der Waals surface area contributed by atoms with Crippen molar-refractivity contribution in [3.05, 3.63) is 65.9 Å². The zero-order valence-corrected chi connectivity index (χ0v) is 25.2. The molecule has 2 atom stereocenters. The van der Waals surface area contributed by atoms with E-state index >= 15 is 0 Å². The van der Waals surface area contributed by atoms with Crippen LogP contribution in [0.15, 0.2) is 54.7 Å². The number of carbonyl (C=O) groups excluding carboxylic acids is 2. The number of amides is 2. The van der Waals surface area contributed by atoms with E-state index in [0.29, 0.717) is 58.6 Å². The molecule has 1 aliphatic rings. The van der Waals surface area contributed by atoms with Gasteiger partial charge in [0.2, 0.25) is 11.8 Å². The molecule has 43 heavy (non-hydrogen) atoms. The molecule has 0 radical (unpaired) electrons. The highest BCUT2D eigenvalue weighted by molar-refractivity contribution is 5.91. The Morgan fingerprint density at radius 3 is 2.70 bits per heavy atom. The summed E-state index contributed by atoms with van der Waals surface area (Å²) in [5.41, 5.74) is 3.07. The standard InChI is InChI=1S/C33H44N4O6/c1-36(2)16-6-18-43-27-13-11-24(12-14-27)7-5-8-25(22-31(38)39)32(40)35-29-21-26-23-37(30-10-4-3-9-28(26)30)17-20-42-19-15-34-33(29)41/h3-4,9-14,23,25,29H,5-8,15-22H2,1-2H3,(H,34,41)(H,35,40)(H,38,39)/t25-,29+/m1/s1. The van der Waals surface area contributed by atoms with Crippen LogP contribution in [0.5, 0.6) is 5.75 Å². The maximum atomic E-state index is 13.4. The van der Waals surface area contributed by atoms with Gasteiger partial charge in [0.15, 0.2) is 0 Å². The Kier molecular flexibility index (Phi) is 12.0. The van der Waals surface area contributed by atoms with Gasteiger partial charge in [0.25, 0.3) is 0 Å². The van der Waals surface area contributed by atoms with Crippen LogP contribution in [-0.2, 0) is 38.5 Å². The summed E-state index contributed by atoms with van der Waals surface area (Å²) in [5.74, 6) is -1.71. The number of aliphatic carboxylic acids is 1. The number of hydrogen-bond acceptors (Lipinski definition) is 6. The summed E-state index contributed by atoms with van der Waals surface area (Å²) in [6.07, 6.45) is 4.69. The Morgan fingerprint density at radius 1 is 1.14 bits per heavy atom. The number of ether oxygens (including phenoxy) is 2. The van der Waals surface area contributed by atoms with Crippen LogP contribution in [0.4, 0.5) is 0 Å². The zero-order valence-electron chi connectivity index (χ0n) is 25.2. The summed E-state index contributed by atoms with van der Waals surface area (Å²) >= 11 is 0. The predicted molar refractivity (Wildman–Crippen MR) is 165 cm³/mol. The molecule has 0 spiro atoms. The molecule has 1 aliphatic heterocycles. The topological polar surface area (TPSA) is 122 Å². The molecule has 0 aliphatic carbocycles. The minimum atomic E-state index is -1.04. The second kappa shape index (κ2) is 16.1. The van der Waals surface area contributed by atoms with Crippen molar-refractivity contribution in [2.24, 2.45) is 5.92 Å². The maximum absolute atomic E-state index is 13.4. The number of carboxylic acids is 1. The number of para-hydroxylation sites is 1. The molecule has 0 saturated heterocycles. The number of benzene rings is 2. The minimum Gasteiger partial charge on any atom is -0.494 e. The number of carbonyl (C=O) groups is 3. The monoisotopic (exact) mass is 592 g/mol. The number of fused-ring (bicyclic) bond motifs is 5. The summed E-state index contributed by atoms with van der Waals surface area (Å²) in [6, 6.07) is 15.0. The fourth-order valence-electron chi connectivity index (χ4n) is 5.44. The van der Waals surface area contributed by atoms with Crippen molar-refractivity contribution < 1.29 is 29.0 Å². The molecule has 1 aromatic heterocycles. The van der Waals surface area contributed by atoms with Crippen molar-refractivity contribution in [1.29, 1.82) is 0 Å². The van der Waals surface area contributed by atoms with Gasteiger partial charge in [-0.05, 0) is 69.1 Å². The van der Waals surface area contributed by atoms with Crippen molar-refractivity contribution in [3.8, 4) is 5.75 Å². The zero-order chi connectivity index (χ0) is 30.6. The second-order valence-electron chi connectivity index (χ2n) is 11.4. The first-order valence-corrected chi connectivity index (χ1v) is 15.1. The van der Waals surface area contributed by atoms with Crippen molar-refractivity contribution in [2.75, 3.05) is 47.0 Å². The van der Waals surface area contributed by atoms with Crippen LogP contribution in [0.3, 0.4) is 0 Å². The van der Waals surface area contributed by atoms with Crippen molar-refractivity contribution in [2.45, 2.75) is 51.1 Å². The summed E-state index contributed by atoms with van der Waals surface area (Å²) in [5, 5.41) is 16.3. The summed E-state index contributed by atoms with van der Waals surface area (Å²) < 4.78 is 13.6. The van der Waals surface area contributed by atoms with Gasteiger partial charge in [0.1, 0.15) is 11.8 Å². The third kappa shape index (κ3) is 9.83. The van der Waals surface area contributed by atoms with Crippen LogP contribution < -0.4 is 15.4 Å². The number of aryl methyl sites for hydroxylation is 1. The van der Waals surface area contributed by atoms with E-state index in [4.69, 9.17) is 9.47 Å². The lowest BCUT2D eigenvalue weighted by Gasteiger charge is -2.22. The van der Waals surface area contributed by atoms with Gasteiger partial charge in [-0.1, -0.05) is 30.3 Å². The summed E-state index contributed by atoms with van der Waals surface area (Å²) in [4.78, 5) is 40.4. The van der Waals surface area contributed by atoms with E-state index in [2.05, 4.69) is 20.1 Å². The predicted octanol–water partition coefficient (Wildman–Crippen LogP) is 3.26. The lowest BCUT2D eigenvalue weighted by molar-refractivity contribution is -0.141. The lowest BCUT2D eigenvalue weighted by Crippen LogP contribution is -2.50. The number of rotatable bonds is 13. The molecule has 232 valence electrons. The van der Waals surface area contributed by atoms with Crippen LogP contribution in [0.1, 0.15) is 36.8 Å². The third-order valence-corrected chi connectivity index (χ3v) is 7.70. The van der Waals surface area contributed by atoms with Gasteiger partial charge in [-0.25, -0.2) is 0 Å². The van der Waals surface area contributed by atoms with Gasteiger partial charge < -0.3 is 34.7 Å². The van der Waals surface area contributed by atoms with Gasteiger partial charge in [0, 0.05) is 49.1 Å². The molecule has 10 nitrogen and oxygen atoms in total. The van der Waals surface area contributed by atoms with E-state index < -0.39 is 23.8 Å². The first kappa shape index (κ1) is 32.0. The highest BCUT2D eigenvalue weighted by atomic mass is 16.5. The van der Waals surface area contributed by atoms with Gasteiger partial charge in [-0.2, -0.15) is 0 Å². The molecule has 2 amide bonds. The van der Waals surface area contributed by atoms with E-state index in [1.807, 2.05) is 68.8 Å². The molecule has 0 saturated carbocycles. The fraction of sp³-hybridized carbons (Fsp3) is 0.485. The van der Waals surface area contributed by atoms with Crippen LogP contribution >= 0.6 is 0 Å². The Morgan fingerprint density at radius 2 is 1.93 bits per heavy atom. The molecule has 2 aromatic carbocycles. The molecule has 3 aromatic rings. The van der Waals surface area contributed by atoms with Crippen LogP contribution in [0, 0.1) is 5.92 Å². The number of nitrogens with one attached hydrogen (secondary N) is 2. The van der Waals surface area contributed by atoms with Crippen LogP contribution in [0.25, 0.3) is 10.9 Å². The minimum absolute atomic E-state index is 0.299. The van der Waals surface area contributed by atoms with Crippen molar-refractivity contribution >= 4 is 28.7 Å². The smallest absolute Gasteiger partial charge is 0.304 e. The summed E-state index contributed by atoms with van der Waals surface area (Å²) in [7, 11) is 4.07. The quantitative estimate of drug-likeness (QED) is 0.261. The van der Waals surface area contributed by atoms with Crippen LogP contribution in [0.2, 0.25) is 0 Å². The van der Waals surface area contributed by atoms with Gasteiger partial charge in [0.05, 0.1) is 26.2 Å². The molecule has 2 heterocycles. The molecule has 4 rings (SSSR count). The Labute approximate surface area is 253 Å². The summed E-state index contributed by atoms with van der Waals surface area (Å²) in [6.45, 7) is 3.52. The SMILES string of the molecule is CN(C)CCCOc1ccc(CCC[C@H](CC(=O)O)C(=O)N[C@H]2Cc3cn(c4ccccc34)CCOCCNC2=O)cc1. The number of carboxylic acid groups (broad SMARTS) is 1.